The summed E-state index contributed by atoms with van der Waals surface area (Å²) in [6, 6.07) is 0.539. The molecule has 2 aromatic rings. The molecule has 3 heterocycles. The van der Waals surface area contributed by atoms with Crippen molar-refractivity contribution in [3.8, 4) is 0 Å². The van der Waals surface area contributed by atoms with Gasteiger partial charge in [-0.3, -0.25) is 0 Å². The number of aryl methyl sites for hydroxylation is 2. The van der Waals surface area contributed by atoms with E-state index in [0.29, 0.717) is 6.04 Å². The molecule has 0 saturated carbocycles. The summed E-state index contributed by atoms with van der Waals surface area (Å²) in [4.78, 5) is 12.2. The Morgan fingerprint density at radius 3 is 2.82 bits per heavy atom. The van der Waals surface area contributed by atoms with Crippen molar-refractivity contribution >= 4 is 27.4 Å². The van der Waals surface area contributed by atoms with Gasteiger partial charge in [0.1, 0.15) is 16.5 Å². The van der Waals surface area contributed by atoms with Crippen LogP contribution < -0.4 is 10.6 Å². The lowest BCUT2D eigenvalue weighted by Gasteiger charge is -2.25. The molecule has 4 rings (SSSR count). The molecule has 0 bridgehead atoms. The van der Waals surface area contributed by atoms with Crippen molar-refractivity contribution in [2.75, 3.05) is 18.4 Å². The first-order valence-corrected chi connectivity index (χ1v) is 9.28. The van der Waals surface area contributed by atoms with Crippen LogP contribution in [0.5, 0.6) is 0 Å². The summed E-state index contributed by atoms with van der Waals surface area (Å²) in [6.45, 7) is 6.57. The molecule has 22 heavy (non-hydrogen) atoms. The second kappa shape index (κ2) is 5.78. The molecule has 0 spiro atoms. The quantitative estimate of drug-likeness (QED) is 0.892. The molecular formula is C17H24N4S. The molecule has 0 radical (unpaired) electrons. The SMILES string of the molecule is Cc1nc(NC2CCNCC2)c2c3c(sc2n1)CC(C)CC3. The van der Waals surface area contributed by atoms with Gasteiger partial charge in [-0.15, -0.1) is 11.3 Å². The third-order valence-corrected chi connectivity index (χ3v) is 6.10. The van der Waals surface area contributed by atoms with E-state index in [1.165, 1.54) is 47.9 Å². The molecule has 1 aliphatic heterocycles. The molecule has 0 amide bonds. The fourth-order valence-corrected chi connectivity index (χ4v) is 5.14. The van der Waals surface area contributed by atoms with Crippen molar-refractivity contribution in [2.24, 2.45) is 5.92 Å². The highest BCUT2D eigenvalue weighted by molar-refractivity contribution is 7.19. The van der Waals surface area contributed by atoms with Gasteiger partial charge in [0.2, 0.25) is 0 Å². The van der Waals surface area contributed by atoms with Crippen molar-refractivity contribution in [3.63, 3.8) is 0 Å². The second-order valence-corrected chi connectivity index (χ2v) is 7.90. The van der Waals surface area contributed by atoms with E-state index in [9.17, 15) is 0 Å². The molecule has 1 fully saturated rings. The molecule has 2 aromatic heterocycles. The number of nitrogens with one attached hydrogen (secondary N) is 2. The molecule has 1 aliphatic carbocycles. The minimum Gasteiger partial charge on any atom is -0.367 e. The predicted octanol–water partition coefficient (Wildman–Crippen LogP) is 3.29. The van der Waals surface area contributed by atoms with Crippen molar-refractivity contribution in [3.05, 3.63) is 16.3 Å². The Morgan fingerprint density at radius 1 is 1.18 bits per heavy atom. The number of anilines is 1. The smallest absolute Gasteiger partial charge is 0.139 e. The number of thiophene rings is 1. The second-order valence-electron chi connectivity index (χ2n) is 6.82. The first-order valence-electron chi connectivity index (χ1n) is 8.47. The highest BCUT2D eigenvalue weighted by Crippen LogP contribution is 2.40. The number of nitrogens with zero attached hydrogens (tertiary/aromatic N) is 2. The number of aromatic nitrogens is 2. The summed E-state index contributed by atoms with van der Waals surface area (Å²) in [5, 5.41) is 8.47. The maximum atomic E-state index is 4.76. The zero-order valence-electron chi connectivity index (χ0n) is 13.4. The van der Waals surface area contributed by atoms with Crippen LogP contribution in [0.1, 0.15) is 42.5 Å². The molecule has 1 unspecified atom stereocenters. The van der Waals surface area contributed by atoms with Crippen LogP contribution in [0.15, 0.2) is 0 Å². The summed E-state index contributed by atoms with van der Waals surface area (Å²) in [6.07, 6.45) is 6.04. The summed E-state index contributed by atoms with van der Waals surface area (Å²) in [5.74, 6) is 2.77. The molecule has 0 aromatic carbocycles. The Bertz CT molecular complexity index is 688. The maximum absolute atomic E-state index is 4.76. The first-order chi connectivity index (χ1) is 10.7. The summed E-state index contributed by atoms with van der Waals surface area (Å²) in [7, 11) is 0. The van der Waals surface area contributed by atoms with E-state index in [0.717, 1.165) is 30.6 Å². The van der Waals surface area contributed by atoms with Gasteiger partial charge in [0.05, 0.1) is 5.39 Å². The number of rotatable bonds is 2. The van der Waals surface area contributed by atoms with Gasteiger partial charge in [-0.2, -0.15) is 0 Å². The highest BCUT2D eigenvalue weighted by atomic mass is 32.1. The normalized spacial score (nSPS) is 22.7. The zero-order valence-corrected chi connectivity index (χ0v) is 14.2. The van der Waals surface area contributed by atoms with Crippen molar-refractivity contribution in [2.45, 2.75) is 52.0 Å². The number of piperidine rings is 1. The lowest BCUT2D eigenvalue weighted by molar-refractivity contribution is 0.478. The molecule has 2 N–H and O–H groups in total. The Labute approximate surface area is 135 Å². The molecule has 1 atom stereocenters. The van der Waals surface area contributed by atoms with E-state index < -0.39 is 0 Å². The Morgan fingerprint density at radius 2 is 2.00 bits per heavy atom. The molecule has 2 aliphatic rings. The van der Waals surface area contributed by atoms with Gasteiger partial charge in [-0.05, 0) is 63.6 Å². The summed E-state index contributed by atoms with van der Waals surface area (Å²) >= 11 is 1.89. The van der Waals surface area contributed by atoms with Crippen LogP contribution >= 0.6 is 11.3 Å². The molecule has 4 nitrogen and oxygen atoms in total. The van der Waals surface area contributed by atoms with E-state index in [1.807, 2.05) is 18.3 Å². The number of hydrogen-bond donors (Lipinski definition) is 2. The Hall–Kier alpha value is -1.20. The van der Waals surface area contributed by atoms with Gasteiger partial charge in [0.25, 0.3) is 0 Å². The van der Waals surface area contributed by atoms with E-state index in [4.69, 9.17) is 9.97 Å². The van der Waals surface area contributed by atoms with E-state index in [2.05, 4.69) is 17.6 Å². The fourth-order valence-electron chi connectivity index (χ4n) is 3.71. The lowest BCUT2D eigenvalue weighted by atomic mass is 9.89. The first kappa shape index (κ1) is 14.4. The zero-order chi connectivity index (χ0) is 15.1. The van der Waals surface area contributed by atoms with E-state index in [-0.39, 0.29) is 0 Å². The van der Waals surface area contributed by atoms with Gasteiger partial charge in [-0.1, -0.05) is 6.92 Å². The maximum Gasteiger partial charge on any atom is 0.139 e. The van der Waals surface area contributed by atoms with Crippen LogP contribution in [0.25, 0.3) is 10.2 Å². The monoisotopic (exact) mass is 316 g/mol. The molecule has 5 heteroatoms. The van der Waals surface area contributed by atoms with Crippen LogP contribution in [0, 0.1) is 12.8 Å². The summed E-state index contributed by atoms with van der Waals surface area (Å²) in [5.41, 5.74) is 1.52. The van der Waals surface area contributed by atoms with E-state index in [1.54, 1.807) is 4.88 Å². The third-order valence-electron chi connectivity index (χ3n) is 4.95. The minimum absolute atomic E-state index is 0.539. The van der Waals surface area contributed by atoms with Gasteiger partial charge >= 0.3 is 0 Å². The third kappa shape index (κ3) is 2.61. The van der Waals surface area contributed by atoms with Crippen molar-refractivity contribution in [1.82, 2.24) is 15.3 Å². The number of hydrogen-bond acceptors (Lipinski definition) is 5. The standard InChI is InChI=1S/C17H24N4S/c1-10-3-4-13-14(9-10)22-17-15(13)16(19-11(2)20-17)21-12-5-7-18-8-6-12/h10,12,18H,3-9H2,1-2H3,(H,19,20,21). The predicted molar refractivity (Wildman–Crippen MR) is 92.9 cm³/mol. The topological polar surface area (TPSA) is 49.8 Å². The Kier molecular flexibility index (Phi) is 3.78. The average molecular weight is 316 g/mol. The molecule has 118 valence electrons. The molecule has 1 saturated heterocycles. The minimum atomic E-state index is 0.539. The Balaban J connectivity index is 1.76. The van der Waals surface area contributed by atoms with Crippen molar-refractivity contribution in [1.29, 1.82) is 0 Å². The van der Waals surface area contributed by atoms with Gasteiger partial charge in [0, 0.05) is 10.9 Å². The van der Waals surface area contributed by atoms with Crippen LogP contribution in [0.3, 0.4) is 0 Å². The highest BCUT2D eigenvalue weighted by Gasteiger charge is 2.24. The van der Waals surface area contributed by atoms with Crippen molar-refractivity contribution < 1.29 is 0 Å². The number of fused-ring (bicyclic) bond motifs is 3. The van der Waals surface area contributed by atoms with Crippen LogP contribution in [0.4, 0.5) is 5.82 Å². The lowest BCUT2D eigenvalue weighted by Crippen LogP contribution is -2.35. The average Bonchev–Trinajstić information content (AvgIpc) is 2.85. The van der Waals surface area contributed by atoms with Crippen LogP contribution in [0.2, 0.25) is 0 Å². The van der Waals surface area contributed by atoms with Gasteiger partial charge in [0.15, 0.2) is 0 Å². The van der Waals surface area contributed by atoms with E-state index >= 15 is 0 Å². The van der Waals surface area contributed by atoms with Gasteiger partial charge < -0.3 is 10.6 Å². The van der Waals surface area contributed by atoms with Gasteiger partial charge in [-0.25, -0.2) is 9.97 Å². The summed E-state index contributed by atoms with van der Waals surface area (Å²) < 4.78 is 0. The van der Waals surface area contributed by atoms with Crippen LogP contribution in [-0.2, 0) is 12.8 Å². The fraction of sp³-hybridized carbons (Fsp3) is 0.647. The molecular weight excluding hydrogens is 292 g/mol. The van der Waals surface area contributed by atoms with Crippen LogP contribution in [-0.4, -0.2) is 29.1 Å². The largest absolute Gasteiger partial charge is 0.367 e.